The molecular weight excluding hydrogens is 457 g/mol. The number of nitrogens with zero attached hydrogens (tertiary/aromatic N) is 4. The van der Waals surface area contributed by atoms with Crippen molar-refractivity contribution >= 4 is 46.6 Å². The lowest BCUT2D eigenvalue weighted by atomic mass is 10.1. The van der Waals surface area contributed by atoms with E-state index >= 15 is 0 Å². The average Bonchev–Trinajstić information content (AvgIpc) is 3.15. The van der Waals surface area contributed by atoms with E-state index in [0.717, 1.165) is 21.9 Å². The van der Waals surface area contributed by atoms with Gasteiger partial charge in [0.15, 0.2) is 22.2 Å². The van der Waals surface area contributed by atoms with Crippen molar-refractivity contribution in [1.82, 2.24) is 19.7 Å². The molecule has 1 atom stereocenters. The van der Waals surface area contributed by atoms with Gasteiger partial charge in [-0.3, -0.25) is 4.79 Å². The molecule has 1 unspecified atom stereocenters. The summed E-state index contributed by atoms with van der Waals surface area (Å²) in [6.45, 7) is 8.45. The Labute approximate surface area is 195 Å². The van der Waals surface area contributed by atoms with E-state index in [1.165, 1.54) is 11.8 Å². The van der Waals surface area contributed by atoms with Crippen LogP contribution in [0, 0.1) is 13.8 Å². The lowest BCUT2D eigenvalue weighted by Crippen LogP contribution is -2.16. The molecule has 1 amide bonds. The minimum atomic E-state index is -0.329. The SMILES string of the molecule is CCn1c(SCC(=O)Nc2cccnc2Cl)nnc1C(C)Oc1cc(C)c(Cl)c(C)c1. The van der Waals surface area contributed by atoms with Crippen molar-refractivity contribution in [2.24, 2.45) is 0 Å². The molecule has 10 heteroatoms. The Hall–Kier alpha value is -2.29. The average molecular weight is 480 g/mol. The highest BCUT2D eigenvalue weighted by molar-refractivity contribution is 7.99. The van der Waals surface area contributed by atoms with E-state index in [1.807, 2.05) is 44.4 Å². The molecule has 164 valence electrons. The van der Waals surface area contributed by atoms with Gasteiger partial charge in [-0.25, -0.2) is 4.98 Å². The first-order valence-electron chi connectivity index (χ1n) is 9.69. The third kappa shape index (κ3) is 5.70. The molecule has 0 saturated heterocycles. The van der Waals surface area contributed by atoms with Crippen molar-refractivity contribution in [3.8, 4) is 5.75 Å². The molecule has 0 fully saturated rings. The molecule has 0 radical (unpaired) electrons. The van der Waals surface area contributed by atoms with E-state index in [0.29, 0.717) is 23.2 Å². The maximum atomic E-state index is 12.3. The summed E-state index contributed by atoms with van der Waals surface area (Å²) in [4.78, 5) is 16.2. The summed E-state index contributed by atoms with van der Waals surface area (Å²) in [6.07, 6.45) is 1.23. The third-order valence-corrected chi connectivity index (χ3v) is 6.38. The van der Waals surface area contributed by atoms with Gasteiger partial charge in [-0.1, -0.05) is 35.0 Å². The number of thioether (sulfide) groups is 1. The Morgan fingerprint density at radius 2 is 1.97 bits per heavy atom. The molecule has 0 bridgehead atoms. The summed E-state index contributed by atoms with van der Waals surface area (Å²) in [5.74, 6) is 1.36. The van der Waals surface area contributed by atoms with Gasteiger partial charge < -0.3 is 14.6 Å². The number of hydrogen-bond donors (Lipinski definition) is 1. The van der Waals surface area contributed by atoms with Crippen LogP contribution in [0.1, 0.15) is 36.9 Å². The van der Waals surface area contributed by atoms with E-state index in [9.17, 15) is 4.79 Å². The number of carbonyl (C=O) groups is 1. The van der Waals surface area contributed by atoms with Gasteiger partial charge in [0.05, 0.1) is 11.4 Å². The first-order valence-corrected chi connectivity index (χ1v) is 11.4. The molecule has 2 aromatic heterocycles. The van der Waals surface area contributed by atoms with Crippen LogP contribution in [-0.4, -0.2) is 31.4 Å². The van der Waals surface area contributed by atoms with Crippen LogP contribution in [-0.2, 0) is 11.3 Å². The number of aromatic nitrogens is 4. The third-order valence-electron chi connectivity index (χ3n) is 4.51. The van der Waals surface area contributed by atoms with Crippen LogP contribution >= 0.6 is 35.0 Å². The van der Waals surface area contributed by atoms with Gasteiger partial charge in [0.2, 0.25) is 5.91 Å². The number of aryl methyl sites for hydroxylation is 2. The van der Waals surface area contributed by atoms with Crippen LogP contribution in [0.5, 0.6) is 5.75 Å². The molecular formula is C21H23Cl2N5O2S. The van der Waals surface area contributed by atoms with E-state index in [4.69, 9.17) is 27.9 Å². The van der Waals surface area contributed by atoms with Crippen LogP contribution in [0.15, 0.2) is 35.6 Å². The highest BCUT2D eigenvalue weighted by atomic mass is 35.5. The second-order valence-electron chi connectivity index (χ2n) is 6.89. The van der Waals surface area contributed by atoms with Crippen molar-refractivity contribution < 1.29 is 9.53 Å². The molecule has 0 aliphatic carbocycles. The number of ether oxygens (including phenoxy) is 1. The summed E-state index contributed by atoms with van der Waals surface area (Å²) in [6, 6.07) is 7.22. The number of nitrogens with one attached hydrogen (secondary N) is 1. The largest absolute Gasteiger partial charge is 0.483 e. The molecule has 0 aliphatic heterocycles. The summed E-state index contributed by atoms with van der Waals surface area (Å²) in [7, 11) is 0. The van der Waals surface area contributed by atoms with E-state index < -0.39 is 0 Å². The van der Waals surface area contributed by atoms with Crippen LogP contribution in [0.4, 0.5) is 5.69 Å². The number of halogens is 2. The Morgan fingerprint density at radius 3 is 2.61 bits per heavy atom. The van der Waals surface area contributed by atoms with Gasteiger partial charge >= 0.3 is 0 Å². The van der Waals surface area contributed by atoms with Gasteiger partial charge in [0, 0.05) is 17.8 Å². The molecule has 7 nitrogen and oxygen atoms in total. The van der Waals surface area contributed by atoms with Crippen molar-refractivity contribution in [2.75, 3.05) is 11.1 Å². The van der Waals surface area contributed by atoms with Crippen LogP contribution in [0.25, 0.3) is 0 Å². The quantitative estimate of drug-likeness (QED) is 0.339. The highest BCUT2D eigenvalue weighted by Crippen LogP contribution is 2.30. The predicted octanol–water partition coefficient (Wildman–Crippen LogP) is 5.49. The zero-order chi connectivity index (χ0) is 22.5. The van der Waals surface area contributed by atoms with Crippen LogP contribution in [0.2, 0.25) is 10.2 Å². The van der Waals surface area contributed by atoms with E-state index in [1.54, 1.807) is 18.3 Å². The molecule has 3 aromatic rings. The van der Waals surface area contributed by atoms with Gasteiger partial charge in [0.25, 0.3) is 0 Å². The lowest BCUT2D eigenvalue weighted by molar-refractivity contribution is -0.113. The van der Waals surface area contributed by atoms with Crippen molar-refractivity contribution in [3.63, 3.8) is 0 Å². The number of anilines is 1. The normalized spacial score (nSPS) is 11.9. The minimum absolute atomic E-state index is 0.161. The van der Waals surface area contributed by atoms with Gasteiger partial charge in [0.1, 0.15) is 5.75 Å². The van der Waals surface area contributed by atoms with Gasteiger partial charge in [-0.05, 0) is 63.1 Å². The molecule has 0 aliphatic rings. The number of benzene rings is 1. The first-order chi connectivity index (χ1) is 14.8. The summed E-state index contributed by atoms with van der Waals surface area (Å²) < 4.78 is 8.04. The van der Waals surface area contributed by atoms with Gasteiger partial charge in [-0.2, -0.15) is 0 Å². The fourth-order valence-electron chi connectivity index (χ4n) is 3.03. The zero-order valence-corrected chi connectivity index (χ0v) is 20.0. The van der Waals surface area contributed by atoms with E-state index in [-0.39, 0.29) is 22.9 Å². The predicted molar refractivity (Wildman–Crippen MR) is 124 cm³/mol. The zero-order valence-electron chi connectivity index (χ0n) is 17.6. The molecule has 31 heavy (non-hydrogen) atoms. The Balaban J connectivity index is 1.67. The van der Waals surface area contributed by atoms with Gasteiger partial charge in [-0.15, -0.1) is 10.2 Å². The standard InChI is InChI=1S/C21H23Cl2N5O2S/c1-5-28-20(14(4)30-15-9-12(2)18(22)13(3)10-15)26-27-21(28)31-11-17(29)25-16-7-6-8-24-19(16)23/h6-10,14H,5,11H2,1-4H3,(H,25,29). The molecule has 0 saturated carbocycles. The smallest absolute Gasteiger partial charge is 0.234 e. The molecule has 0 spiro atoms. The summed E-state index contributed by atoms with van der Waals surface area (Å²) in [5.41, 5.74) is 2.39. The van der Waals surface area contributed by atoms with Crippen molar-refractivity contribution in [3.05, 3.63) is 57.6 Å². The summed E-state index contributed by atoms with van der Waals surface area (Å²) in [5, 5.41) is 12.9. The summed E-state index contributed by atoms with van der Waals surface area (Å²) >= 11 is 13.5. The van der Waals surface area contributed by atoms with Crippen molar-refractivity contribution in [2.45, 2.75) is 45.5 Å². The molecule has 3 rings (SSSR count). The minimum Gasteiger partial charge on any atom is -0.483 e. The maximum Gasteiger partial charge on any atom is 0.234 e. The van der Waals surface area contributed by atoms with Crippen LogP contribution < -0.4 is 10.1 Å². The number of amides is 1. The number of pyridine rings is 1. The fraction of sp³-hybridized carbons (Fsp3) is 0.333. The second kappa shape index (κ2) is 10.3. The Kier molecular flexibility index (Phi) is 7.80. The monoisotopic (exact) mass is 479 g/mol. The molecule has 1 N–H and O–H groups in total. The number of carbonyl (C=O) groups excluding carboxylic acids is 1. The number of hydrogen-bond acceptors (Lipinski definition) is 6. The molecule has 1 aromatic carbocycles. The second-order valence-corrected chi connectivity index (χ2v) is 8.57. The first kappa shape index (κ1) is 23.4. The van der Waals surface area contributed by atoms with Crippen LogP contribution in [0.3, 0.4) is 0 Å². The topological polar surface area (TPSA) is 81.9 Å². The van der Waals surface area contributed by atoms with Crippen molar-refractivity contribution in [1.29, 1.82) is 0 Å². The number of rotatable bonds is 8. The fourth-order valence-corrected chi connectivity index (χ4v) is 4.12. The highest BCUT2D eigenvalue weighted by Gasteiger charge is 2.20. The molecule has 2 heterocycles. The lowest BCUT2D eigenvalue weighted by Gasteiger charge is -2.17. The van der Waals surface area contributed by atoms with E-state index in [2.05, 4.69) is 20.5 Å². The Morgan fingerprint density at radius 1 is 1.26 bits per heavy atom. The Bertz CT molecular complexity index is 1070. The maximum absolute atomic E-state index is 12.3.